The summed E-state index contributed by atoms with van der Waals surface area (Å²) >= 11 is 2.79. The number of nitrogens with zero attached hydrogens (tertiary/aromatic N) is 1. The second-order valence-electron chi connectivity index (χ2n) is 8.87. The summed E-state index contributed by atoms with van der Waals surface area (Å²) in [6.45, 7) is 1.06. The molecule has 2 amide bonds. The highest BCUT2D eigenvalue weighted by Gasteiger charge is 2.54. The van der Waals surface area contributed by atoms with Gasteiger partial charge in [0.15, 0.2) is 0 Å². The average Bonchev–Trinajstić information content (AvgIpc) is 3.38. The Morgan fingerprint density at radius 2 is 1.78 bits per heavy atom. The highest BCUT2D eigenvalue weighted by Crippen LogP contribution is 2.40. The lowest BCUT2D eigenvalue weighted by molar-refractivity contribution is -0.151. The summed E-state index contributed by atoms with van der Waals surface area (Å²) in [4.78, 5) is 49.2. The number of carboxylic acid groups (broad SMARTS) is 1. The van der Waals surface area contributed by atoms with E-state index in [0.29, 0.717) is 11.3 Å². The number of ether oxygens (including phenoxy) is 1. The van der Waals surface area contributed by atoms with Crippen LogP contribution in [0.25, 0.3) is 0 Å². The molecule has 1 aliphatic carbocycles. The zero-order valence-electron chi connectivity index (χ0n) is 20.7. The van der Waals surface area contributed by atoms with Crippen LogP contribution in [0, 0.1) is 0 Å². The van der Waals surface area contributed by atoms with E-state index in [4.69, 9.17) is 4.74 Å². The molecule has 0 radical (unpaired) electrons. The molecule has 3 heterocycles. The number of fused-ring (bicyclic) bond motifs is 1. The number of carbonyl (C=O) groups excluding carboxylic acids is 3. The van der Waals surface area contributed by atoms with Crippen molar-refractivity contribution in [3.05, 3.63) is 33.7 Å². The van der Waals surface area contributed by atoms with E-state index in [1.807, 2.05) is 17.5 Å². The van der Waals surface area contributed by atoms with Gasteiger partial charge in [-0.15, -0.1) is 23.1 Å². The molecule has 4 rings (SSSR count). The minimum absolute atomic E-state index is 0.163. The lowest BCUT2D eigenvalue weighted by Gasteiger charge is -2.49. The maximum Gasteiger partial charge on any atom is 0.352 e. The molecule has 4 N–H and O–H groups in total. The molecule has 2 unspecified atom stereocenters. The number of hydrogen-bond donors (Lipinski definition) is 4. The lowest BCUT2D eigenvalue weighted by Crippen LogP contribution is -2.70. The van der Waals surface area contributed by atoms with Gasteiger partial charge in [0.1, 0.15) is 23.7 Å². The molecule has 1 aromatic heterocycles. The highest BCUT2D eigenvalue weighted by molar-refractivity contribution is 8.00. The van der Waals surface area contributed by atoms with Crippen LogP contribution >= 0.6 is 23.1 Å². The van der Waals surface area contributed by atoms with Crippen molar-refractivity contribution in [2.24, 2.45) is 0 Å². The summed E-state index contributed by atoms with van der Waals surface area (Å²) in [5, 5.41) is 20.2. The van der Waals surface area contributed by atoms with Crippen molar-refractivity contribution in [2.45, 2.75) is 62.5 Å². The molecule has 12 heteroatoms. The van der Waals surface area contributed by atoms with Gasteiger partial charge in [0.2, 0.25) is 5.91 Å². The fraction of sp³-hybridized carbons (Fsp3) is 0.583. The van der Waals surface area contributed by atoms with Crippen LogP contribution in [-0.2, 0) is 30.3 Å². The third kappa shape index (κ3) is 7.09. The van der Waals surface area contributed by atoms with Gasteiger partial charge in [0, 0.05) is 35.2 Å². The fourth-order valence-electron chi connectivity index (χ4n) is 4.45. The molecule has 2 atom stereocenters. The van der Waals surface area contributed by atoms with Crippen molar-refractivity contribution >= 4 is 46.9 Å². The molecular weight excluding hydrogens is 504 g/mol. The largest absolute Gasteiger partial charge is 0.477 e. The molecule has 0 aromatic carbocycles. The van der Waals surface area contributed by atoms with Crippen molar-refractivity contribution in [1.29, 1.82) is 0 Å². The molecule has 3 aliphatic rings. The maximum atomic E-state index is 12.4. The number of esters is 1. The molecule has 2 aliphatic heterocycles. The molecular formula is C24H34N4O6S2. The monoisotopic (exact) mass is 538 g/mol. The fourth-order valence-corrected chi connectivity index (χ4v) is 6.48. The van der Waals surface area contributed by atoms with Crippen molar-refractivity contribution in [2.75, 3.05) is 26.5 Å². The standard InChI is InChI=1S/C16H16N2O6S2.C8H18N2/c1-8(19)24-6-9-7-26-15-12(14(21)18(15)13(9)16(22)23)17-11(20)5-10-3-2-4-25-10;1-9-7-3-5-8(10-2)6-4-7/h2-4,12,15H,5-7H2,1H3,(H,17,20)(H,22,23);7-10H,3-6H2,1-2H3. The summed E-state index contributed by atoms with van der Waals surface area (Å²) in [6.07, 6.45) is 5.52. The summed E-state index contributed by atoms with van der Waals surface area (Å²) in [5.41, 5.74) is 0.203. The number of carbonyl (C=O) groups is 4. The molecule has 1 saturated carbocycles. The molecule has 1 saturated heterocycles. The molecule has 10 nitrogen and oxygen atoms in total. The summed E-state index contributed by atoms with van der Waals surface area (Å²) < 4.78 is 4.87. The van der Waals surface area contributed by atoms with Crippen LogP contribution in [-0.4, -0.2) is 83.7 Å². The zero-order chi connectivity index (χ0) is 26.2. The molecule has 198 valence electrons. The van der Waals surface area contributed by atoms with Crippen LogP contribution in [0.5, 0.6) is 0 Å². The number of thioether (sulfide) groups is 1. The third-order valence-electron chi connectivity index (χ3n) is 6.47. The first-order chi connectivity index (χ1) is 17.2. The van der Waals surface area contributed by atoms with Crippen LogP contribution in [0.1, 0.15) is 37.5 Å². The quantitative estimate of drug-likeness (QED) is 0.285. The van der Waals surface area contributed by atoms with E-state index in [2.05, 4.69) is 30.0 Å². The maximum absolute atomic E-state index is 12.4. The minimum atomic E-state index is -1.26. The van der Waals surface area contributed by atoms with Crippen molar-refractivity contribution < 1.29 is 29.0 Å². The Labute approximate surface area is 219 Å². The number of hydrogen-bond acceptors (Lipinski definition) is 9. The SMILES string of the molecule is CC(=O)OCC1=C(C(=O)O)N2C(=O)C(NC(=O)Cc3cccs3)C2SC1.CNC1CCC(NC)CC1. The first kappa shape index (κ1) is 28.2. The Kier molecular flexibility index (Phi) is 10.3. The zero-order valence-corrected chi connectivity index (χ0v) is 22.4. The average molecular weight is 539 g/mol. The summed E-state index contributed by atoms with van der Waals surface area (Å²) in [5.74, 6) is -2.23. The van der Waals surface area contributed by atoms with E-state index in [1.54, 1.807) is 0 Å². The Morgan fingerprint density at radius 1 is 1.14 bits per heavy atom. The Morgan fingerprint density at radius 3 is 2.28 bits per heavy atom. The van der Waals surface area contributed by atoms with Crippen LogP contribution in [0.2, 0.25) is 0 Å². The molecule has 0 bridgehead atoms. The van der Waals surface area contributed by atoms with Gasteiger partial charge in [-0.1, -0.05) is 6.07 Å². The van der Waals surface area contributed by atoms with Gasteiger partial charge in [-0.25, -0.2) is 4.79 Å². The van der Waals surface area contributed by atoms with E-state index in [9.17, 15) is 24.3 Å². The second kappa shape index (κ2) is 13.2. The van der Waals surface area contributed by atoms with Crippen molar-refractivity contribution in [3.8, 4) is 0 Å². The van der Waals surface area contributed by atoms with Gasteiger partial charge in [0.25, 0.3) is 5.91 Å². The third-order valence-corrected chi connectivity index (χ3v) is 8.69. The van der Waals surface area contributed by atoms with Gasteiger partial charge < -0.3 is 25.8 Å². The van der Waals surface area contributed by atoms with E-state index in [-0.39, 0.29) is 24.6 Å². The van der Waals surface area contributed by atoms with Gasteiger partial charge >= 0.3 is 11.9 Å². The van der Waals surface area contributed by atoms with E-state index >= 15 is 0 Å². The predicted molar refractivity (Wildman–Crippen MR) is 139 cm³/mol. The van der Waals surface area contributed by atoms with Gasteiger partial charge in [0.05, 0.1) is 6.42 Å². The van der Waals surface area contributed by atoms with Crippen LogP contribution in [0.4, 0.5) is 0 Å². The normalized spacial score (nSPS) is 25.2. The Balaban J connectivity index is 0.000000303. The predicted octanol–water partition coefficient (Wildman–Crippen LogP) is 1.33. The van der Waals surface area contributed by atoms with Gasteiger partial charge in [-0.05, 0) is 51.2 Å². The van der Waals surface area contributed by atoms with Crippen LogP contribution in [0.15, 0.2) is 28.8 Å². The van der Waals surface area contributed by atoms with E-state index < -0.39 is 29.3 Å². The number of rotatable bonds is 8. The first-order valence-electron chi connectivity index (χ1n) is 11.9. The topological polar surface area (TPSA) is 137 Å². The van der Waals surface area contributed by atoms with Gasteiger partial charge in [-0.3, -0.25) is 19.3 Å². The smallest absolute Gasteiger partial charge is 0.352 e. The van der Waals surface area contributed by atoms with Crippen molar-refractivity contribution in [3.63, 3.8) is 0 Å². The van der Waals surface area contributed by atoms with Crippen molar-refractivity contribution in [1.82, 2.24) is 20.9 Å². The number of aliphatic carboxylic acids is 1. The summed E-state index contributed by atoms with van der Waals surface area (Å²) in [6, 6.07) is 4.49. The number of nitrogens with one attached hydrogen (secondary N) is 3. The Bertz CT molecular complexity index is 963. The summed E-state index contributed by atoms with van der Waals surface area (Å²) in [7, 11) is 4.12. The minimum Gasteiger partial charge on any atom is -0.477 e. The van der Waals surface area contributed by atoms with Crippen LogP contribution in [0.3, 0.4) is 0 Å². The number of carboxylic acids is 1. The number of β-lactam (4-membered cyclic amide) rings is 1. The Hall–Kier alpha value is -2.41. The molecule has 1 aromatic rings. The van der Waals surface area contributed by atoms with Gasteiger partial charge in [-0.2, -0.15) is 0 Å². The molecule has 36 heavy (non-hydrogen) atoms. The van der Waals surface area contributed by atoms with Crippen LogP contribution < -0.4 is 16.0 Å². The number of thiophene rings is 1. The van der Waals surface area contributed by atoms with E-state index in [1.165, 1.54) is 55.7 Å². The second-order valence-corrected chi connectivity index (χ2v) is 11.0. The first-order valence-corrected chi connectivity index (χ1v) is 13.9. The molecule has 2 fully saturated rings. The van der Waals surface area contributed by atoms with E-state index in [0.717, 1.165) is 21.9 Å². The number of amides is 2. The highest BCUT2D eigenvalue weighted by atomic mass is 32.2. The lowest BCUT2D eigenvalue weighted by atomic mass is 9.91. The molecule has 0 spiro atoms.